The number of fused-ring (bicyclic) bond motifs is 2. The summed E-state index contributed by atoms with van der Waals surface area (Å²) in [4.78, 5) is 78.1. The van der Waals surface area contributed by atoms with Crippen LogP contribution < -0.4 is 19.6 Å². The maximum Gasteiger partial charge on any atom is 0.375 e. The van der Waals surface area contributed by atoms with Crippen molar-refractivity contribution in [2.24, 2.45) is 0 Å². The molecule has 16 heteroatoms. The first-order chi connectivity index (χ1) is 25.6. The molecule has 3 heterocycles. The minimum atomic E-state index is -2.18. The van der Waals surface area contributed by atoms with E-state index in [1.807, 2.05) is 0 Å². The van der Waals surface area contributed by atoms with Gasteiger partial charge >= 0.3 is 29.8 Å². The molecule has 0 bridgehead atoms. The third-order valence-corrected chi connectivity index (χ3v) is 10.2. The summed E-state index contributed by atoms with van der Waals surface area (Å²) >= 11 is 0. The molecule has 5 rings (SSSR count). The van der Waals surface area contributed by atoms with Gasteiger partial charge in [0.2, 0.25) is 16.8 Å². The lowest BCUT2D eigenvalue weighted by Gasteiger charge is -2.66. The van der Waals surface area contributed by atoms with Gasteiger partial charge in [-0.3, -0.25) is 24.0 Å². The molecule has 0 saturated carbocycles. The lowest BCUT2D eigenvalue weighted by molar-refractivity contribution is -0.439. The number of hydrogen-bond acceptors (Lipinski definition) is 16. The van der Waals surface area contributed by atoms with Gasteiger partial charge in [-0.25, -0.2) is 4.79 Å². The predicted octanol–water partition coefficient (Wildman–Crippen LogP) is 4.82. The number of ether oxygens (including phenoxy) is 9. The quantitative estimate of drug-likeness (QED) is 0.201. The maximum absolute atomic E-state index is 14.2. The molecule has 16 nitrogen and oxygen atoms in total. The summed E-state index contributed by atoms with van der Waals surface area (Å²) in [5.74, 6) is -5.93. The molecule has 0 aliphatic carbocycles. The van der Waals surface area contributed by atoms with E-state index in [0.29, 0.717) is 30.3 Å². The number of benzene rings is 2. The Balaban J connectivity index is 1.72. The van der Waals surface area contributed by atoms with E-state index in [-0.39, 0.29) is 28.9 Å². The molecule has 1 fully saturated rings. The number of esters is 5. The second kappa shape index (κ2) is 14.5. The van der Waals surface area contributed by atoms with Crippen LogP contribution in [-0.2, 0) is 47.6 Å². The van der Waals surface area contributed by atoms with Crippen LogP contribution in [0.25, 0.3) is 22.1 Å². The third-order valence-electron chi connectivity index (χ3n) is 10.2. The van der Waals surface area contributed by atoms with Crippen molar-refractivity contribution in [2.45, 2.75) is 97.4 Å². The van der Waals surface area contributed by atoms with Crippen LogP contribution in [0.4, 0.5) is 0 Å². The van der Waals surface area contributed by atoms with Crippen LogP contribution in [0.1, 0.15) is 79.8 Å². The minimum Gasteiger partial charge on any atom is -0.486 e. The Hall–Kier alpha value is -5.64. The fraction of sp³-hybridized carbons (Fsp3) is 0.487. The largest absolute Gasteiger partial charge is 0.486 e. The van der Waals surface area contributed by atoms with Gasteiger partial charge in [0, 0.05) is 40.7 Å². The van der Waals surface area contributed by atoms with Crippen LogP contribution in [0.3, 0.4) is 0 Å². The summed E-state index contributed by atoms with van der Waals surface area (Å²) in [6.45, 7) is 13.1. The van der Waals surface area contributed by atoms with Gasteiger partial charge in [0.25, 0.3) is 5.79 Å². The second-order valence-electron chi connectivity index (χ2n) is 13.9. The first kappa shape index (κ1) is 40.5. The fourth-order valence-electron chi connectivity index (χ4n) is 7.26. The monoisotopic (exact) mass is 768 g/mol. The number of rotatable bonds is 10. The molecule has 0 N–H and O–H groups in total. The van der Waals surface area contributed by atoms with E-state index in [1.165, 1.54) is 52.8 Å². The highest BCUT2D eigenvalue weighted by Gasteiger charge is 2.82. The molecule has 3 aromatic rings. The number of hydrogen-bond donors (Lipinski definition) is 0. The minimum absolute atomic E-state index is 0.0196. The highest BCUT2D eigenvalue weighted by molar-refractivity contribution is 5.98. The molecule has 2 aliphatic rings. The molecule has 5 atom stereocenters. The first-order valence-corrected chi connectivity index (χ1v) is 17.4. The Kier molecular flexibility index (Phi) is 10.7. The Bertz CT molecular complexity index is 2120. The van der Waals surface area contributed by atoms with Crippen molar-refractivity contribution in [1.82, 2.24) is 0 Å². The van der Waals surface area contributed by atoms with Gasteiger partial charge in [-0.2, -0.15) is 0 Å². The normalized spacial score (nSPS) is 27.0. The van der Waals surface area contributed by atoms with E-state index in [2.05, 4.69) is 0 Å². The van der Waals surface area contributed by atoms with E-state index < -0.39 is 75.8 Å². The molecule has 0 amide bonds. The summed E-state index contributed by atoms with van der Waals surface area (Å²) < 4.78 is 59.0. The summed E-state index contributed by atoms with van der Waals surface area (Å²) in [7, 11) is 0. The van der Waals surface area contributed by atoms with Crippen LogP contribution in [0.5, 0.6) is 17.2 Å². The van der Waals surface area contributed by atoms with Crippen molar-refractivity contribution in [3.63, 3.8) is 0 Å². The Morgan fingerprint density at radius 1 is 0.709 bits per heavy atom. The predicted molar refractivity (Wildman–Crippen MR) is 191 cm³/mol. The van der Waals surface area contributed by atoms with Crippen molar-refractivity contribution in [3.8, 4) is 28.4 Å². The topological polar surface area (TPSA) is 199 Å². The Labute approximate surface area is 316 Å². The average molecular weight is 769 g/mol. The average Bonchev–Trinajstić information content (AvgIpc) is 3.08. The Morgan fingerprint density at radius 2 is 1.31 bits per heavy atom. The summed E-state index contributed by atoms with van der Waals surface area (Å²) in [6, 6.07) is 8.90. The molecule has 0 radical (unpaired) electrons. The number of carbonyl (C=O) groups excluding carboxylic acids is 5. The van der Waals surface area contributed by atoms with E-state index in [0.717, 1.165) is 27.7 Å². The fourth-order valence-corrected chi connectivity index (χ4v) is 7.26. The molecular weight excluding hydrogens is 724 g/mol. The smallest absolute Gasteiger partial charge is 0.375 e. The van der Waals surface area contributed by atoms with Crippen LogP contribution in [-0.4, -0.2) is 84.5 Å². The lowest BCUT2D eigenvalue weighted by atomic mass is 9.60. The summed E-state index contributed by atoms with van der Waals surface area (Å²) in [5, 5.41) is 0.0506. The maximum atomic E-state index is 14.2. The van der Waals surface area contributed by atoms with Gasteiger partial charge in [-0.1, -0.05) is 6.07 Å². The summed E-state index contributed by atoms with van der Waals surface area (Å²) in [6.07, 6.45) is 0. The molecule has 0 spiro atoms. The van der Waals surface area contributed by atoms with Gasteiger partial charge in [0.15, 0.2) is 22.7 Å². The third kappa shape index (κ3) is 6.94. The number of carbonyl (C=O) groups is 5. The highest BCUT2D eigenvalue weighted by atomic mass is 16.8. The zero-order valence-electron chi connectivity index (χ0n) is 32.3. The molecule has 2 aromatic carbocycles. The van der Waals surface area contributed by atoms with Gasteiger partial charge in [-0.15, -0.1) is 0 Å². The molecule has 296 valence electrons. The van der Waals surface area contributed by atoms with Gasteiger partial charge in [0.1, 0.15) is 36.8 Å². The molecule has 1 saturated heterocycles. The second-order valence-corrected chi connectivity index (χ2v) is 13.9. The first-order valence-electron chi connectivity index (χ1n) is 17.4. The van der Waals surface area contributed by atoms with E-state index in [1.54, 1.807) is 25.1 Å². The molecular formula is C39H44O16. The van der Waals surface area contributed by atoms with Crippen LogP contribution in [0, 0.1) is 0 Å². The van der Waals surface area contributed by atoms with Crippen LogP contribution in [0.15, 0.2) is 45.6 Å². The molecule has 2 aliphatic heterocycles. The Morgan fingerprint density at radius 3 is 1.91 bits per heavy atom. The van der Waals surface area contributed by atoms with Crippen molar-refractivity contribution in [3.05, 3.63) is 52.4 Å². The van der Waals surface area contributed by atoms with E-state index in [9.17, 15) is 28.8 Å². The van der Waals surface area contributed by atoms with E-state index >= 15 is 0 Å². The van der Waals surface area contributed by atoms with Gasteiger partial charge in [-0.05, 0) is 64.4 Å². The SMILES string of the molecule is CCOC(=O)c1oc2cc(O[C@]3(C)O[C@](C)(COC(C)=O)[C@@](C)(OC(C)=O)[C@](C)(OC(C)=O)[C@@]3(C)OC(C)=O)ccc2c(=O)c1-c1ccc2c(c1)OCCO2. The van der Waals surface area contributed by atoms with Crippen LogP contribution in [0.2, 0.25) is 0 Å². The molecule has 55 heavy (non-hydrogen) atoms. The van der Waals surface area contributed by atoms with E-state index in [4.69, 9.17) is 47.0 Å². The molecule has 0 unspecified atom stereocenters. The summed E-state index contributed by atoms with van der Waals surface area (Å²) in [5.41, 5.74) is -8.64. The molecule has 1 aromatic heterocycles. The highest BCUT2D eigenvalue weighted by Crippen LogP contribution is 2.59. The van der Waals surface area contributed by atoms with Crippen molar-refractivity contribution in [1.29, 1.82) is 0 Å². The van der Waals surface area contributed by atoms with Gasteiger partial charge in [0.05, 0.1) is 17.6 Å². The van der Waals surface area contributed by atoms with Crippen molar-refractivity contribution >= 4 is 40.8 Å². The van der Waals surface area contributed by atoms with Crippen LogP contribution >= 0.6 is 0 Å². The zero-order valence-corrected chi connectivity index (χ0v) is 32.3. The van der Waals surface area contributed by atoms with Gasteiger partial charge < -0.3 is 47.0 Å². The lowest BCUT2D eigenvalue weighted by Crippen LogP contribution is -2.87. The standard InChI is InChI=1S/C39H44O16/c1-11-46-34(45)33-31(25-12-15-28-30(18-25)48-17-16-47-28)32(44)27-14-13-26(19-29(27)50-33)54-39(10)38(9,53-24(5)43)37(8,52-23(4)42)36(7,51-22(3)41)35(6,55-39)20-49-21(2)40/h12-15,18-19H,11,16-17,20H2,1-10H3/t35-,36-,37+,38-,39-/m1/s1. The van der Waals surface area contributed by atoms with Crippen molar-refractivity contribution in [2.75, 3.05) is 26.4 Å². The van der Waals surface area contributed by atoms with Crippen molar-refractivity contribution < 1.29 is 71.0 Å². The zero-order chi connectivity index (χ0) is 40.7.